The molecule has 0 aromatic heterocycles. The van der Waals surface area contributed by atoms with E-state index in [9.17, 15) is 9.59 Å². The van der Waals surface area contributed by atoms with E-state index in [4.69, 9.17) is 4.74 Å². The average molecular weight is 372 g/mol. The molecule has 2 aliphatic heterocycles. The van der Waals surface area contributed by atoms with Crippen molar-refractivity contribution in [2.75, 3.05) is 45.9 Å². The van der Waals surface area contributed by atoms with Gasteiger partial charge < -0.3 is 15.4 Å². The summed E-state index contributed by atoms with van der Waals surface area (Å²) in [5.74, 6) is 1.05. The lowest BCUT2D eigenvalue weighted by Crippen LogP contribution is -2.52. The summed E-state index contributed by atoms with van der Waals surface area (Å²) in [4.78, 5) is 28.7. The molecule has 2 N–H and O–H groups in total. The van der Waals surface area contributed by atoms with Gasteiger partial charge in [-0.05, 0) is 18.9 Å². The second-order valence-electron chi connectivity index (χ2n) is 7.69. The van der Waals surface area contributed by atoms with E-state index in [2.05, 4.69) is 20.4 Å². The molecule has 3 aliphatic rings. The summed E-state index contributed by atoms with van der Waals surface area (Å²) in [5.41, 5.74) is 1.06. The summed E-state index contributed by atoms with van der Waals surface area (Å²) in [6.45, 7) is 4.78. The number of fused-ring (bicyclic) bond motifs is 1. The molecule has 1 aromatic carbocycles. The zero-order valence-electron chi connectivity index (χ0n) is 15.7. The minimum absolute atomic E-state index is 0.0230. The summed E-state index contributed by atoms with van der Waals surface area (Å²) >= 11 is 0. The molecule has 1 saturated heterocycles. The van der Waals surface area contributed by atoms with E-state index in [-0.39, 0.29) is 17.9 Å². The summed E-state index contributed by atoms with van der Waals surface area (Å²) in [6, 6.07) is 8.34. The fraction of sp³-hybridized carbons (Fsp3) is 0.600. The number of para-hydroxylation sites is 1. The van der Waals surface area contributed by atoms with Gasteiger partial charge in [0.25, 0.3) is 0 Å². The van der Waals surface area contributed by atoms with Crippen molar-refractivity contribution in [3.05, 3.63) is 29.8 Å². The first-order chi connectivity index (χ1) is 13.2. The molecule has 1 unspecified atom stereocenters. The number of carbonyl (C=O) groups is 2. The molecule has 1 atom stereocenters. The predicted octanol–water partition coefficient (Wildman–Crippen LogP) is 0.523. The third-order valence-electron chi connectivity index (χ3n) is 5.44. The summed E-state index contributed by atoms with van der Waals surface area (Å²) in [7, 11) is 0. The van der Waals surface area contributed by atoms with E-state index in [1.54, 1.807) is 0 Å². The lowest BCUT2D eigenvalue weighted by Gasteiger charge is -2.34. The monoisotopic (exact) mass is 372 g/mol. The van der Waals surface area contributed by atoms with Crippen LogP contribution in [0.4, 0.5) is 0 Å². The largest absolute Gasteiger partial charge is 0.493 e. The first-order valence-electron chi connectivity index (χ1n) is 9.92. The Morgan fingerprint density at radius 2 is 1.56 bits per heavy atom. The Balaban J connectivity index is 1.20. The molecule has 2 heterocycles. The highest BCUT2D eigenvalue weighted by Gasteiger charge is 2.27. The third kappa shape index (κ3) is 4.99. The average Bonchev–Trinajstić information content (AvgIpc) is 3.47. The van der Waals surface area contributed by atoms with Gasteiger partial charge in [0.1, 0.15) is 5.75 Å². The van der Waals surface area contributed by atoms with Gasteiger partial charge in [-0.1, -0.05) is 18.2 Å². The highest BCUT2D eigenvalue weighted by Crippen LogP contribution is 2.31. The fourth-order valence-electron chi connectivity index (χ4n) is 3.74. The Bertz CT molecular complexity index is 684. The Hall–Kier alpha value is -2.12. The molecule has 146 valence electrons. The highest BCUT2D eigenvalue weighted by molar-refractivity contribution is 5.79. The lowest BCUT2D eigenvalue weighted by molar-refractivity contribution is -0.125. The van der Waals surface area contributed by atoms with Crippen LogP contribution in [0.2, 0.25) is 0 Å². The van der Waals surface area contributed by atoms with Crippen LogP contribution < -0.4 is 15.4 Å². The van der Waals surface area contributed by atoms with Gasteiger partial charge in [0.15, 0.2) is 0 Å². The van der Waals surface area contributed by atoms with Crippen molar-refractivity contribution in [1.82, 2.24) is 20.4 Å². The number of piperazine rings is 1. The number of rotatable bonds is 6. The standard InChI is InChI=1S/C20H28N4O3/c25-19(21-15-5-6-15)13-23-8-10-24(11-9-23)14-20(26)22-17-7-12-27-18-4-2-1-3-16(17)18/h1-4,15,17H,5-14H2,(H,21,25)(H,22,26). The van der Waals surface area contributed by atoms with Gasteiger partial charge in [-0.3, -0.25) is 19.4 Å². The number of carbonyl (C=O) groups excluding carboxylic acids is 2. The molecule has 2 fully saturated rings. The summed E-state index contributed by atoms with van der Waals surface area (Å²) in [5, 5.41) is 6.19. The molecule has 7 nitrogen and oxygen atoms in total. The number of nitrogens with one attached hydrogen (secondary N) is 2. The maximum absolute atomic E-state index is 12.5. The first kappa shape index (κ1) is 18.3. The molecule has 0 spiro atoms. The van der Waals surface area contributed by atoms with Gasteiger partial charge in [-0.25, -0.2) is 0 Å². The van der Waals surface area contributed by atoms with Crippen LogP contribution in [0, 0.1) is 0 Å². The minimum Gasteiger partial charge on any atom is -0.493 e. The van der Waals surface area contributed by atoms with Crippen molar-refractivity contribution in [2.24, 2.45) is 0 Å². The smallest absolute Gasteiger partial charge is 0.234 e. The van der Waals surface area contributed by atoms with E-state index in [1.807, 2.05) is 24.3 Å². The SMILES string of the molecule is O=C(CN1CCN(CC(=O)NC2CCOc3ccccc32)CC1)NC1CC1. The van der Waals surface area contributed by atoms with E-state index in [0.29, 0.717) is 25.7 Å². The van der Waals surface area contributed by atoms with Crippen LogP contribution in [0.25, 0.3) is 0 Å². The molecule has 0 radical (unpaired) electrons. The molecule has 1 aromatic rings. The van der Waals surface area contributed by atoms with Crippen LogP contribution in [-0.4, -0.2) is 73.5 Å². The van der Waals surface area contributed by atoms with Gasteiger partial charge in [-0.15, -0.1) is 0 Å². The molecule has 27 heavy (non-hydrogen) atoms. The lowest BCUT2D eigenvalue weighted by atomic mass is 10.0. The van der Waals surface area contributed by atoms with Crippen LogP contribution >= 0.6 is 0 Å². The highest BCUT2D eigenvalue weighted by atomic mass is 16.5. The van der Waals surface area contributed by atoms with Crippen molar-refractivity contribution in [3.8, 4) is 5.75 Å². The first-order valence-corrected chi connectivity index (χ1v) is 9.92. The zero-order valence-corrected chi connectivity index (χ0v) is 15.7. The van der Waals surface area contributed by atoms with Crippen LogP contribution in [0.3, 0.4) is 0 Å². The molecule has 2 amide bonds. The van der Waals surface area contributed by atoms with Crippen LogP contribution in [-0.2, 0) is 9.59 Å². The van der Waals surface area contributed by atoms with Crippen LogP contribution in [0.15, 0.2) is 24.3 Å². The molecular weight excluding hydrogens is 344 g/mol. The minimum atomic E-state index is 0.0230. The van der Waals surface area contributed by atoms with Gasteiger partial charge in [0.2, 0.25) is 11.8 Å². The van der Waals surface area contributed by atoms with Crippen LogP contribution in [0.1, 0.15) is 30.9 Å². The van der Waals surface area contributed by atoms with Gasteiger partial charge in [0, 0.05) is 44.2 Å². The molecular formula is C20H28N4O3. The number of ether oxygens (including phenoxy) is 1. The number of hydrogen-bond donors (Lipinski definition) is 2. The molecule has 7 heteroatoms. The quantitative estimate of drug-likeness (QED) is 0.762. The maximum Gasteiger partial charge on any atom is 0.234 e. The van der Waals surface area contributed by atoms with E-state index >= 15 is 0 Å². The van der Waals surface area contributed by atoms with Gasteiger partial charge >= 0.3 is 0 Å². The third-order valence-corrected chi connectivity index (χ3v) is 5.44. The number of nitrogens with zero attached hydrogens (tertiary/aromatic N) is 2. The Kier molecular flexibility index (Phi) is 5.59. The van der Waals surface area contributed by atoms with Gasteiger partial charge in [0.05, 0.1) is 25.7 Å². The number of amides is 2. The van der Waals surface area contributed by atoms with Crippen molar-refractivity contribution < 1.29 is 14.3 Å². The van der Waals surface area contributed by atoms with Crippen molar-refractivity contribution >= 4 is 11.8 Å². The molecule has 4 rings (SSSR count). The van der Waals surface area contributed by atoms with E-state index in [0.717, 1.165) is 56.8 Å². The topological polar surface area (TPSA) is 73.9 Å². The summed E-state index contributed by atoms with van der Waals surface area (Å²) < 4.78 is 5.66. The zero-order chi connectivity index (χ0) is 18.6. The fourth-order valence-corrected chi connectivity index (χ4v) is 3.74. The maximum atomic E-state index is 12.5. The predicted molar refractivity (Wildman–Crippen MR) is 101 cm³/mol. The van der Waals surface area contributed by atoms with E-state index in [1.165, 1.54) is 0 Å². The van der Waals surface area contributed by atoms with Crippen molar-refractivity contribution in [2.45, 2.75) is 31.3 Å². The molecule has 1 saturated carbocycles. The second-order valence-corrected chi connectivity index (χ2v) is 7.69. The van der Waals surface area contributed by atoms with Gasteiger partial charge in [-0.2, -0.15) is 0 Å². The normalized spacial score (nSPS) is 23.2. The van der Waals surface area contributed by atoms with Crippen LogP contribution in [0.5, 0.6) is 5.75 Å². The summed E-state index contributed by atoms with van der Waals surface area (Å²) in [6.07, 6.45) is 3.03. The van der Waals surface area contributed by atoms with Crippen molar-refractivity contribution in [1.29, 1.82) is 0 Å². The van der Waals surface area contributed by atoms with E-state index < -0.39 is 0 Å². The Labute approximate surface area is 160 Å². The second kappa shape index (κ2) is 8.27. The number of benzene rings is 1. The Morgan fingerprint density at radius 3 is 2.22 bits per heavy atom. The van der Waals surface area contributed by atoms with Crippen molar-refractivity contribution in [3.63, 3.8) is 0 Å². The molecule has 1 aliphatic carbocycles. The number of hydrogen-bond acceptors (Lipinski definition) is 5. The molecule has 0 bridgehead atoms. The Morgan fingerprint density at radius 1 is 0.926 bits per heavy atom.